The fraction of sp³-hybridized carbons (Fsp3) is 0.533. The van der Waals surface area contributed by atoms with Crippen LogP contribution in [-0.2, 0) is 27.2 Å². The van der Waals surface area contributed by atoms with Gasteiger partial charge in [0.05, 0.1) is 18.8 Å². The monoisotopic (exact) mass is 340 g/mol. The zero-order valence-electron chi connectivity index (χ0n) is 13.1. The minimum Gasteiger partial charge on any atom is -0.462 e. The van der Waals surface area contributed by atoms with Crippen LogP contribution in [0.15, 0.2) is 0 Å². The summed E-state index contributed by atoms with van der Waals surface area (Å²) in [6.45, 7) is 3.27. The molecule has 7 nitrogen and oxygen atoms in total. The Balaban J connectivity index is 2.18. The molecule has 8 heteroatoms. The Morgan fingerprint density at radius 3 is 2.70 bits per heavy atom. The highest BCUT2D eigenvalue weighted by atomic mass is 32.1. The van der Waals surface area contributed by atoms with E-state index in [0.29, 0.717) is 10.6 Å². The SMILES string of the molecule is CCOC(=O)c1c(NC(=O)C(=O)N[C@H](C)CO)sc2c1CCC2. The maximum Gasteiger partial charge on any atom is 0.341 e. The summed E-state index contributed by atoms with van der Waals surface area (Å²) in [5.74, 6) is -2.20. The lowest BCUT2D eigenvalue weighted by Crippen LogP contribution is -2.42. The van der Waals surface area contributed by atoms with Gasteiger partial charge in [0.2, 0.25) is 0 Å². The van der Waals surface area contributed by atoms with E-state index in [1.165, 1.54) is 11.3 Å². The number of carbonyl (C=O) groups excluding carboxylic acids is 3. The number of anilines is 1. The quantitative estimate of drug-likeness (QED) is 0.544. The van der Waals surface area contributed by atoms with E-state index in [2.05, 4.69) is 10.6 Å². The first-order valence-corrected chi connectivity index (χ1v) is 8.33. The molecule has 0 bridgehead atoms. The molecule has 2 amide bonds. The summed E-state index contributed by atoms with van der Waals surface area (Å²) >= 11 is 1.31. The minimum atomic E-state index is -0.865. The summed E-state index contributed by atoms with van der Waals surface area (Å²) in [5.41, 5.74) is 1.27. The van der Waals surface area contributed by atoms with E-state index in [9.17, 15) is 14.4 Å². The molecule has 1 aliphatic carbocycles. The number of esters is 1. The normalized spacial score (nSPS) is 14.0. The van der Waals surface area contributed by atoms with Crippen molar-refractivity contribution < 1.29 is 24.2 Å². The van der Waals surface area contributed by atoms with Crippen molar-refractivity contribution in [2.75, 3.05) is 18.5 Å². The van der Waals surface area contributed by atoms with Crippen molar-refractivity contribution in [2.45, 2.75) is 39.2 Å². The predicted octanol–water partition coefficient (Wildman–Crippen LogP) is 0.849. The molecule has 1 aromatic rings. The van der Waals surface area contributed by atoms with Gasteiger partial charge in [-0.3, -0.25) is 9.59 Å². The molecule has 0 aliphatic heterocycles. The number of fused-ring (bicyclic) bond motifs is 1. The van der Waals surface area contributed by atoms with E-state index in [0.717, 1.165) is 29.7 Å². The first kappa shape index (κ1) is 17.4. The molecule has 23 heavy (non-hydrogen) atoms. The van der Waals surface area contributed by atoms with Gasteiger partial charge in [-0.2, -0.15) is 0 Å². The lowest BCUT2D eigenvalue weighted by molar-refractivity contribution is -0.136. The van der Waals surface area contributed by atoms with E-state index >= 15 is 0 Å². The van der Waals surface area contributed by atoms with Crippen LogP contribution in [-0.4, -0.2) is 42.1 Å². The van der Waals surface area contributed by atoms with Gasteiger partial charge in [-0.05, 0) is 38.7 Å². The summed E-state index contributed by atoms with van der Waals surface area (Å²) in [6, 6.07) is -0.522. The number of nitrogens with one attached hydrogen (secondary N) is 2. The zero-order chi connectivity index (χ0) is 17.0. The first-order chi connectivity index (χ1) is 11.0. The van der Waals surface area contributed by atoms with Crippen LogP contribution in [0.25, 0.3) is 0 Å². The van der Waals surface area contributed by atoms with Crippen LogP contribution in [0.5, 0.6) is 0 Å². The smallest absolute Gasteiger partial charge is 0.341 e. The predicted molar refractivity (Wildman–Crippen MR) is 85.6 cm³/mol. The molecule has 3 N–H and O–H groups in total. The maximum atomic E-state index is 12.2. The lowest BCUT2D eigenvalue weighted by atomic mass is 10.1. The van der Waals surface area contributed by atoms with Crippen molar-refractivity contribution in [1.29, 1.82) is 0 Å². The highest BCUT2D eigenvalue weighted by Gasteiger charge is 2.29. The van der Waals surface area contributed by atoms with Crippen LogP contribution < -0.4 is 10.6 Å². The number of aryl methyl sites for hydroxylation is 1. The Kier molecular flexibility index (Phi) is 5.73. The molecule has 0 aromatic carbocycles. The van der Waals surface area contributed by atoms with Gasteiger partial charge in [-0.1, -0.05) is 0 Å². The number of carbonyl (C=O) groups is 3. The van der Waals surface area contributed by atoms with Crippen LogP contribution >= 0.6 is 11.3 Å². The minimum absolute atomic E-state index is 0.241. The van der Waals surface area contributed by atoms with Gasteiger partial charge in [-0.25, -0.2) is 4.79 Å². The van der Waals surface area contributed by atoms with Crippen LogP contribution in [0.3, 0.4) is 0 Å². The molecular formula is C15H20N2O5S. The summed E-state index contributed by atoms with van der Waals surface area (Å²) in [7, 11) is 0. The van der Waals surface area contributed by atoms with Crippen molar-refractivity contribution in [3.8, 4) is 0 Å². The fourth-order valence-corrected chi connectivity index (χ4v) is 3.68. The molecule has 0 unspecified atom stereocenters. The molecule has 1 aromatic heterocycles. The third-order valence-corrected chi connectivity index (χ3v) is 4.69. The topological polar surface area (TPSA) is 105 Å². The molecule has 126 valence electrons. The maximum absolute atomic E-state index is 12.2. The summed E-state index contributed by atoms with van der Waals surface area (Å²) in [6.07, 6.45) is 2.59. The van der Waals surface area contributed by atoms with Gasteiger partial charge in [0.15, 0.2) is 0 Å². The van der Waals surface area contributed by atoms with Crippen LogP contribution in [0, 0.1) is 0 Å². The molecule has 1 atom stereocenters. The Morgan fingerprint density at radius 2 is 2.04 bits per heavy atom. The van der Waals surface area contributed by atoms with Crippen molar-refractivity contribution in [1.82, 2.24) is 5.32 Å². The Bertz CT molecular complexity index is 626. The second-order valence-electron chi connectivity index (χ2n) is 5.29. The van der Waals surface area contributed by atoms with Crippen molar-refractivity contribution in [3.63, 3.8) is 0 Å². The molecule has 0 saturated carbocycles. The molecule has 1 heterocycles. The standard InChI is InChI=1S/C15H20N2O5S/c1-3-22-15(21)11-9-5-4-6-10(9)23-14(11)17-13(20)12(19)16-8(2)7-18/h8,18H,3-7H2,1-2H3,(H,16,19)(H,17,20)/t8-/m1/s1. The second kappa shape index (κ2) is 7.56. The Labute approximate surface area is 138 Å². The molecule has 0 radical (unpaired) electrons. The van der Waals surface area contributed by atoms with Crippen molar-refractivity contribution in [3.05, 3.63) is 16.0 Å². The highest BCUT2D eigenvalue weighted by molar-refractivity contribution is 7.17. The average Bonchev–Trinajstić information content (AvgIpc) is 3.07. The van der Waals surface area contributed by atoms with Gasteiger partial charge in [0.1, 0.15) is 5.00 Å². The molecule has 0 saturated heterocycles. The van der Waals surface area contributed by atoms with Crippen LogP contribution in [0.2, 0.25) is 0 Å². The largest absolute Gasteiger partial charge is 0.462 e. The zero-order valence-corrected chi connectivity index (χ0v) is 13.9. The summed E-state index contributed by atoms with van der Waals surface area (Å²) in [4.78, 5) is 36.9. The van der Waals surface area contributed by atoms with Crippen LogP contribution in [0.4, 0.5) is 5.00 Å². The number of amides is 2. The van der Waals surface area contributed by atoms with E-state index in [1.807, 2.05) is 0 Å². The summed E-state index contributed by atoms with van der Waals surface area (Å²) < 4.78 is 5.06. The number of ether oxygens (including phenoxy) is 1. The Hall–Kier alpha value is -1.93. The lowest BCUT2D eigenvalue weighted by Gasteiger charge is -2.11. The Morgan fingerprint density at radius 1 is 1.30 bits per heavy atom. The van der Waals surface area contributed by atoms with Crippen molar-refractivity contribution in [2.24, 2.45) is 0 Å². The van der Waals surface area contributed by atoms with Gasteiger partial charge in [0, 0.05) is 10.9 Å². The fourth-order valence-electron chi connectivity index (χ4n) is 2.41. The third-order valence-electron chi connectivity index (χ3n) is 3.49. The molecule has 0 spiro atoms. The molecule has 1 aliphatic rings. The molecular weight excluding hydrogens is 320 g/mol. The van der Waals surface area contributed by atoms with Gasteiger partial charge in [0.25, 0.3) is 0 Å². The number of hydrogen-bond acceptors (Lipinski definition) is 6. The third kappa shape index (κ3) is 3.89. The number of hydrogen-bond donors (Lipinski definition) is 3. The highest BCUT2D eigenvalue weighted by Crippen LogP contribution is 2.39. The average molecular weight is 340 g/mol. The van der Waals surface area contributed by atoms with Gasteiger partial charge in [-0.15, -0.1) is 11.3 Å². The van der Waals surface area contributed by atoms with Gasteiger partial charge >= 0.3 is 17.8 Å². The molecule has 2 rings (SSSR count). The van der Waals surface area contributed by atoms with E-state index < -0.39 is 23.8 Å². The number of aliphatic hydroxyl groups excluding tert-OH is 1. The number of aliphatic hydroxyl groups is 1. The van der Waals surface area contributed by atoms with Crippen molar-refractivity contribution >= 4 is 34.1 Å². The number of rotatable bonds is 5. The summed E-state index contributed by atoms with van der Waals surface area (Å²) in [5, 5.41) is 14.1. The van der Waals surface area contributed by atoms with E-state index in [1.54, 1.807) is 13.8 Å². The number of thiophene rings is 1. The van der Waals surface area contributed by atoms with E-state index in [4.69, 9.17) is 9.84 Å². The van der Waals surface area contributed by atoms with Gasteiger partial charge < -0.3 is 20.5 Å². The van der Waals surface area contributed by atoms with Crippen LogP contribution in [0.1, 0.15) is 41.1 Å². The molecule has 0 fully saturated rings. The second-order valence-corrected chi connectivity index (χ2v) is 6.40. The first-order valence-electron chi connectivity index (χ1n) is 7.52. The van der Waals surface area contributed by atoms with E-state index in [-0.39, 0.29) is 13.2 Å².